The average Bonchev–Trinajstić information content (AvgIpc) is 2.17. The van der Waals surface area contributed by atoms with Crippen LogP contribution in [-0.2, 0) is 9.59 Å². The molecule has 0 amide bonds. The van der Waals surface area contributed by atoms with Crippen LogP contribution in [0.3, 0.4) is 0 Å². The van der Waals surface area contributed by atoms with Crippen molar-refractivity contribution in [3.63, 3.8) is 0 Å². The van der Waals surface area contributed by atoms with Gasteiger partial charge in [0.15, 0.2) is 0 Å². The summed E-state index contributed by atoms with van der Waals surface area (Å²) in [7, 11) is 0. The van der Waals surface area contributed by atoms with Gasteiger partial charge in [-0.25, -0.2) is 0 Å². The van der Waals surface area contributed by atoms with Crippen LogP contribution in [0.4, 0.5) is 0 Å². The molecule has 0 fully saturated rings. The monoisotopic (exact) mass is 212 g/mol. The van der Waals surface area contributed by atoms with E-state index in [0.29, 0.717) is 25.0 Å². The Bertz CT molecular complexity index is 185. The van der Waals surface area contributed by atoms with Gasteiger partial charge >= 0.3 is 0 Å². The maximum Gasteiger partial charge on any atom is 0.132 e. The Morgan fingerprint density at radius 3 is 2.00 bits per heavy atom. The highest BCUT2D eigenvalue weighted by molar-refractivity contribution is 5.80. The average molecular weight is 212 g/mol. The highest BCUT2D eigenvalue weighted by Crippen LogP contribution is 2.08. The number of hydrogen-bond donors (Lipinski definition) is 0. The summed E-state index contributed by atoms with van der Waals surface area (Å²) in [5.74, 6) is 0.512. The van der Waals surface area contributed by atoms with E-state index in [9.17, 15) is 9.59 Å². The van der Waals surface area contributed by atoms with Gasteiger partial charge in [-0.05, 0) is 19.8 Å². The van der Waals surface area contributed by atoms with Crippen molar-refractivity contribution < 1.29 is 9.59 Å². The van der Waals surface area contributed by atoms with Crippen LogP contribution in [0.1, 0.15) is 71.6 Å². The molecule has 0 saturated carbocycles. The molecule has 88 valence electrons. The van der Waals surface area contributed by atoms with Gasteiger partial charge in [0.2, 0.25) is 0 Å². The molecular formula is C13H24O2. The number of Topliss-reactive ketones (excluding diaryl/α,β-unsaturated/α-hetero) is 2. The molecule has 0 spiro atoms. The highest BCUT2D eigenvalue weighted by Gasteiger charge is 2.02. The van der Waals surface area contributed by atoms with Crippen LogP contribution in [0.5, 0.6) is 0 Å². The Labute approximate surface area is 93.4 Å². The summed E-state index contributed by atoms with van der Waals surface area (Å²) < 4.78 is 0. The smallest absolute Gasteiger partial charge is 0.132 e. The van der Waals surface area contributed by atoms with Crippen LogP contribution < -0.4 is 0 Å². The van der Waals surface area contributed by atoms with Crippen LogP contribution in [0.2, 0.25) is 0 Å². The van der Waals surface area contributed by atoms with Crippen LogP contribution in [-0.4, -0.2) is 11.6 Å². The second-order valence-corrected chi connectivity index (χ2v) is 4.26. The molecule has 0 atom stereocenters. The van der Waals surface area contributed by atoms with Crippen molar-refractivity contribution in [3.05, 3.63) is 0 Å². The molecule has 0 bridgehead atoms. The number of unbranched alkanes of at least 4 members (excludes halogenated alkanes) is 4. The highest BCUT2D eigenvalue weighted by atomic mass is 16.1. The van der Waals surface area contributed by atoms with Crippen molar-refractivity contribution in [2.24, 2.45) is 0 Å². The predicted molar refractivity (Wildman–Crippen MR) is 62.9 cm³/mol. The molecule has 0 heterocycles. The van der Waals surface area contributed by atoms with E-state index < -0.39 is 0 Å². The Hall–Kier alpha value is -0.660. The quantitative estimate of drug-likeness (QED) is 0.518. The minimum Gasteiger partial charge on any atom is -0.300 e. The number of carbonyl (C=O) groups is 2. The third kappa shape index (κ3) is 11.3. The molecule has 0 radical (unpaired) electrons. The summed E-state index contributed by atoms with van der Waals surface area (Å²) in [6, 6.07) is 0. The molecule has 0 aromatic carbocycles. The van der Waals surface area contributed by atoms with Crippen LogP contribution in [0, 0.1) is 0 Å². The van der Waals surface area contributed by atoms with Gasteiger partial charge in [0, 0.05) is 19.3 Å². The molecule has 2 heteroatoms. The molecule has 0 unspecified atom stereocenters. The lowest BCUT2D eigenvalue weighted by Gasteiger charge is -2.00. The van der Waals surface area contributed by atoms with Crippen molar-refractivity contribution in [2.75, 3.05) is 0 Å². The Kier molecular flexibility index (Phi) is 9.44. The largest absolute Gasteiger partial charge is 0.300 e. The maximum absolute atomic E-state index is 11.3. The molecule has 0 saturated heterocycles. The fraction of sp³-hybridized carbons (Fsp3) is 0.846. The van der Waals surface area contributed by atoms with E-state index >= 15 is 0 Å². The zero-order valence-electron chi connectivity index (χ0n) is 10.2. The molecule has 0 aromatic rings. The Morgan fingerprint density at radius 2 is 1.40 bits per heavy atom. The lowest BCUT2D eigenvalue weighted by atomic mass is 10.0. The number of hydrogen-bond acceptors (Lipinski definition) is 2. The normalized spacial score (nSPS) is 10.3. The Balaban J connectivity index is 3.22. The zero-order valence-corrected chi connectivity index (χ0v) is 10.2. The van der Waals surface area contributed by atoms with Crippen molar-refractivity contribution >= 4 is 11.6 Å². The van der Waals surface area contributed by atoms with E-state index in [1.165, 1.54) is 25.7 Å². The van der Waals surface area contributed by atoms with E-state index in [2.05, 4.69) is 6.92 Å². The van der Waals surface area contributed by atoms with E-state index in [0.717, 1.165) is 12.8 Å². The van der Waals surface area contributed by atoms with Crippen molar-refractivity contribution in [3.8, 4) is 0 Å². The van der Waals surface area contributed by atoms with Gasteiger partial charge in [-0.3, -0.25) is 4.79 Å². The van der Waals surface area contributed by atoms with E-state index in [1.807, 2.05) is 0 Å². The standard InChI is InChI=1S/C13H24O2/c1-3-4-5-6-7-10-13(15)11-8-9-12(2)14/h3-11H2,1-2H3. The summed E-state index contributed by atoms with van der Waals surface area (Å²) in [6.45, 7) is 3.77. The van der Waals surface area contributed by atoms with Gasteiger partial charge in [0.1, 0.15) is 11.6 Å². The molecule has 0 aliphatic carbocycles. The summed E-state index contributed by atoms with van der Waals surface area (Å²) in [5.41, 5.74) is 0. The third-order valence-electron chi connectivity index (χ3n) is 2.54. The van der Waals surface area contributed by atoms with Crippen LogP contribution in [0.25, 0.3) is 0 Å². The molecule has 0 aliphatic heterocycles. The van der Waals surface area contributed by atoms with Gasteiger partial charge in [0.25, 0.3) is 0 Å². The molecule has 0 N–H and O–H groups in total. The molecular weight excluding hydrogens is 188 g/mol. The first-order valence-corrected chi connectivity index (χ1v) is 6.18. The first-order valence-electron chi connectivity index (χ1n) is 6.18. The van der Waals surface area contributed by atoms with E-state index in [-0.39, 0.29) is 5.78 Å². The minimum atomic E-state index is 0.186. The minimum absolute atomic E-state index is 0.186. The maximum atomic E-state index is 11.3. The topological polar surface area (TPSA) is 34.1 Å². The second-order valence-electron chi connectivity index (χ2n) is 4.26. The second kappa shape index (κ2) is 9.88. The van der Waals surface area contributed by atoms with Gasteiger partial charge in [-0.1, -0.05) is 32.6 Å². The molecule has 0 aromatic heterocycles. The van der Waals surface area contributed by atoms with E-state index in [1.54, 1.807) is 6.92 Å². The molecule has 0 rings (SSSR count). The van der Waals surface area contributed by atoms with Crippen molar-refractivity contribution in [2.45, 2.75) is 71.6 Å². The summed E-state index contributed by atoms with van der Waals surface area (Å²) in [5, 5.41) is 0. The summed E-state index contributed by atoms with van der Waals surface area (Å²) >= 11 is 0. The molecule has 15 heavy (non-hydrogen) atoms. The van der Waals surface area contributed by atoms with Gasteiger partial charge < -0.3 is 4.79 Å². The van der Waals surface area contributed by atoms with Crippen molar-refractivity contribution in [1.29, 1.82) is 0 Å². The number of rotatable bonds is 10. The zero-order chi connectivity index (χ0) is 11.5. The number of carbonyl (C=O) groups excluding carboxylic acids is 2. The van der Waals surface area contributed by atoms with Crippen LogP contribution >= 0.6 is 0 Å². The predicted octanol–water partition coefficient (Wildman–Crippen LogP) is 3.68. The SMILES string of the molecule is CCCCCCCC(=O)CCCC(C)=O. The lowest BCUT2D eigenvalue weighted by molar-refractivity contribution is -0.119. The lowest BCUT2D eigenvalue weighted by Crippen LogP contribution is -1.99. The fourth-order valence-corrected chi connectivity index (χ4v) is 1.59. The van der Waals surface area contributed by atoms with Crippen LogP contribution in [0.15, 0.2) is 0 Å². The number of ketones is 2. The van der Waals surface area contributed by atoms with Gasteiger partial charge in [0.05, 0.1) is 0 Å². The van der Waals surface area contributed by atoms with Crippen molar-refractivity contribution in [1.82, 2.24) is 0 Å². The van der Waals surface area contributed by atoms with Gasteiger partial charge in [-0.15, -0.1) is 0 Å². The van der Waals surface area contributed by atoms with E-state index in [4.69, 9.17) is 0 Å². The summed E-state index contributed by atoms with van der Waals surface area (Å²) in [4.78, 5) is 22.0. The van der Waals surface area contributed by atoms with Gasteiger partial charge in [-0.2, -0.15) is 0 Å². The summed E-state index contributed by atoms with van der Waals surface area (Å²) in [6.07, 6.45) is 8.56. The Morgan fingerprint density at radius 1 is 0.800 bits per heavy atom. The first kappa shape index (κ1) is 14.3. The fourth-order valence-electron chi connectivity index (χ4n) is 1.59. The third-order valence-corrected chi connectivity index (χ3v) is 2.54. The molecule has 0 aliphatic rings. The molecule has 2 nitrogen and oxygen atoms in total. The first-order chi connectivity index (χ1) is 7.16.